The molecule has 0 spiro atoms. The minimum Gasteiger partial charge on any atom is -0.481 e. The summed E-state index contributed by atoms with van der Waals surface area (Å²) in [7, 11) is 0. The zero-order valence-electron chi connectivity index (χ0n) is 17.9. The lowest BCUT2D eigenvalue weighted by atomic mass is 9.53. The van der Waals surface area contributed by atoms with Gasteiger partial charge in [-0.3, -0.25) is 19.6 Å². The van der Waals surface area contributed by atoms with Crippen LogP contribution < -0.4 is 4.90 Å². The van der Waals surface area contributed by atoms with E-state index in [1.807, 2.05) is 4.90 Å². The Morgan fingerprint density at radius 3 is 2.47 bits per heavy atom. The largest absolute Gasteiger partial charge is 0.481 e. The molecule has 0 radical (unpaired) electrons. The van der Waals surface area contributed by atoms with Gasteiger partial charge in [0.05, 0.1) is 18.0 Å². The van der Waals surface area contributed by atoms with Crippen molar-refractivity contribution in [1.29, 1.82) is 0 Å². The van der Waals surface area contributed by atoms with Gasteiger partial charge in [0.1, 0.15) is 11.5 Å². The Bertz CT molecular complexity index is 895. The number of anilines is 1. The fourth-order valence-electron chi connectivity index (χ4n) is 5.93. The van der Waals surface area contributed by atoms with Crippen molar-refractivity contribution in [2.45, 2.75) is 83.1 Å². The molecule has 3 fully saturated rings. The maximum atomic E-state index is 13.2. The number of imidazole rings is 1. The third-order valence-corrected chi connectivity index (χ3v) is 7.85. The summed E-state index contributed by atoms with van der Waals surface area (Å²) in [6, 6.07) is 0.128. The van der Waals surface area contributed by atoms with Gasteiger partial charge in [0.15, 0.2) is 11.7 Å². The van der Waals surface area contributed by atoms with Crippen molar-refractivity contribution in [1.82, 2.24) is 14.9 Å². The number of nitrogens with one attached hydrogen (secondary N) is 1. The van der Waals surface area contributed by atoms with Crippen LogP contribution >= 0.6 is 0 Å². The Kier molecular flexibility index (Phi) is 4.45. The van der Waals surface area contributed by atoms with Gasteiger partial charge in [-0.15, -0.1) is 0 Å². The number of urea groups is 1. The van der Waals surface area contributed by atoms with Crippen LogP contribution in [0.25, 0.3) is 0 Å². The Morgan fingerprint density at radius 1 is 1.17 bits per heavy atom. The number of amidine groups is 1. The third kappa shape index (κ3) is 2.65. The number of nitrogens with zero attached hydrogens (tertiary/aromatic N) is 4. The molecule has 2 N–H and O–H groups in total. The van der Waals surface area contributed by atoms with E-state index in [-0.39, 0.29) is 17.5 Å². The van der Waals surface area contributed by atoms with E-state index in [2.05, 4.69) is 18.8 Å². The van der Waals surface area contributed by atoms with Crippen molar-refractivity contribution in [2.24, 2.45) is 10.4 Å². The highest BCUT2D eigenvalue weighted by molar-refractivity contribution is 6.18. The predicted molar refractivity (Wildman–Crippen MR) is 113 cm³/mol. The summed E-state index contributed by atoms with van der Waals surface area (Å²) in [5.41, 5.74) is 0.215. The molecule has 2 amide bonds. The maximum Gasteiger partial charge on any atom is 0.331 e. The highest BCUT2D eigenvalue weighted by Crippen LogP contribution is 2.57. The number of carbonyl (C=O) groups is 2. The van der Waals surface area contributed by atoms with Crippen LogP contribution in [0.3, 0.4) is 0 Å². The summed E-state index contributed by atoms with van der Waals surface area (Å²) in [4.78, 5) is 42.1. The fraction of sp³-hybridized carbons (Fsp3) is 0.727. The second kappa shape index (κ2) is 6.82. The average Bonchev–Trinajstić information content (AvgIpc) is 3.38. The minimum atomic E-state index is -0.646. The molecule has 0 unspecified atom stereocenters. The number of carboxylic acid groups (broad SMARTS) is 1. The number of carboxylic acids is 1. The van der Waals surface area contributed by atoms with Crippen LogP contribution in [0.1, 0.15) is 83.2 Å². The van der Waals surface area contributed by atoms with Gasteiger partial charge in [-0.2, -0.15) is 0 Å². The van der Waals surface area contributed by atoms with E-state index in [0.29, 0.717) is 38.2 Å². The molecule has 3 saturated carbocycles. The van der Waals surface area contributed by atoms with Crippen molar-refractivity contribution >= 4 is 23.7 Å². The van der Waals surface area contributed by atoms with Crippen LogP contribution in [0.15, 0.2) is 4.99 Å². The highest BCUT2D eigenvalue weighted by Gasteiger charge is 2.55. The van der Waals surface area contributed by atoms with Gasteiger partial charge in [-0.05, 0) is 51.4 Å². The second-order valence-corrected chi connectivity index (χ2v) is 9.59. The Labute approximate surface area is 176 Å². The molecule has 2 bridgehead atoms. The summed E-state index contributed by atoms with van der Waals surface area (Å²) >= 11 is 0. The molecule has 0 aromatic carbocycles. The van der Waals surface area contributed by atoms with Crippen LogP contribution in [0, 0.1) is 5.41 Å². The Hall–Kier alpha value is -2.38. The van der Waals surface area contributed by atoms with E-state index >= 15 is 0 Å². The number of rotatable bonds is 6. The lowest BCUT2D eigenvalue weighted by Crippen LogP contribution is -2.50. The molecule has 1 aromatic heterocycles. The zero-order chi connectivity index (χ0) is 21.1. The van der Waals surface area contributed by atoms with Gasteiger partial charge < -0.3 is 10.1 Å². The molecule has 30 heavy (non-hydrogen) atoms. The van der Waals surface area contributed by atoms with Crippen molar-refractivity contribution in [3.63, 3.8) is 0 Å². The van der Waals surface area contributed by atoms with Crippen LogP contribution in [-0.4, -0.2) is 56.9 Å². The van der Waals surface area contributed by atoms with E-state index in [0.717, 1.165) is 55.9 Å². The van der Waals surface area contributed by atoms with Crippen LogP contribution in [0.2, 0.25) is 0 Å². The van der Waals surface area contributed by atoms with E-state index in [1.165, 1.54) is 0 Å². The van der Waals surface area contributed by atoms with E-state index in [4.69, 9.17) is 9.98 Å². The first-order valence-electron chi connectivity index (χ1n) is 11.4. The van der Waals surface area contributed by atoms with Gasteiger partial charge in [-0.1, -0.05) is 20.3 Å². The van der Waals surface area contributed by atoms with Crippen molar-refractivity contribution in [2.75, 3.05) is 18.0 Å². The van der Waals surface area contributed by atoms with Crippen molar-refractivity contribution in [3.05, 3.63) is 11.5 Å². The third-order valence-electron chi connectivity index (χ3n) is 7.85. The number of H-pyrrole nitrogens is 1. The predicted octanol–water partition coefficient (Wildman–Crippen LogP) is 3.67. The molecule has 8 heteroatoms. The van der Waals surface area contributed by atoms with Gasteiger partial charge >= 0.3 is 12.0 Å². The molecule has 5 aliphatic rings. The molecule has 2 aliphatic heterocycles. The number of aromatic amines is 1. The molecule has 1 aromatic rings. The number of aromatic nitrogens is 2. The zero-order valence-corrected chi connectivity index (χ0v) is 17.9. The first kappa shape index (κ1) is 19.6. The molecule has 162 valence electrons. The van der Waals surface area contributed by atoms with Crippen molar-refractivity contribution < 1.29 is 14.7 Å². The molecular weight excluding hydrogens is 382 g/mol. The number of aliphatic carboxylic acids is 1. The molecule has 1 atom stereocenters. The Morgan fingerprint density at radius 2 is 1.87 bits per heavy atom. The first-order chi connectivity index (χ1) is 14.4. The van der Waals surface area contributed by atoms with Gasteiger partial charge in [-0.25, -0.2) is 9.78 Å². The quantitative estimate of drug-likeness (QED) is 0.743. The Balaban J connectivity index is 1.53. The summed E-state index contributed by atoms with van der Waals surface area (Å²) < 4.78 is 0. The highest BCUT2D eigenvalue weighted by atomic mass is 16.4. The number of carbonyl (C=O) groups excluding carboxylic acids is 1. The van der Waals surface area contributed by atoms with E-state index in [9.17, 15) is 14.7 Å². The smallest absolute Gasteiger partial charge is 0.331 e. The number of hydrogen-bond donors (Lipinski definition) is 2. The minimum absolute atomic E-state index is 0.0190. The monoisotopic (exact) mass is 413 g/mol. The lowest BCUT2D eigenvalue weighted by Gasteiger charge is -2.50. The molecular formula is C22H31N5O3. The van der Waals surface area contributed by atoms with Gasteiger partial charge in [0, 0.05) is 12.0 Å². The van der Waals surface area contributed by atoms with Crippen LogP contribution in [0.5, 0.6) is 0 Å². The molecule has 3 aliphatic carbocycles. The summed E-state index contributed by atoms with van der Waals surface area (Å²) in [6.07, 6.45) is 7.49. The van der Waals surface area contributed by atoms with E-state index < -0.39 is 11.4 Å². The summed E-state index contributed by atoms with van der Waals surface area (Å²) in [6.45, 7) is 5.49. The number of fused-ring (bicyclic) bond motifs is 6. The second-order valence-electron chi connectivity index (χ2n) is 9.59. The van der Waals surface area contributed by atoms with E-state index in [1.54, 1.807) is 4.90 Å². The normalized spacial score (nSPS) is 32.3. The number of hydrogen-bond acceptors (Lipinski definition) is 4. The molecule has 3 heterocycles. The van der Waals surface area contributed by atoms with Crippen LogP contribution in [0.4, 0.5) is 10.6 Å². The van der Waals surface area contributed by atoms with Gasteiger partial charge in [0.25, 0.3) is 0 Å². The SMILES string of the molecule is CCC[C@@H]1CN2C(=O)N(CCC)c3nc(C45CCC(C(=O)O)(CC4)CC5)[nH]c3C2=N1. The first-order valence-corrected chi connectivity index (χ1v) is 11.4. The number of amides is 2. The average molecular weight is 414 g/mol. The topological polar surface area (TPSA) is 102 Å². The standard InChI is InChI=1S/C22H31N5O3/c1-3-5-14-13-27-16(23-14)15-17(26(12-4-2)20(27)30)25-18(24-15)21-6-9-22(10-7-21,11-8-21)19(28)29/h14H,3-13H2,1-2H3,(H,24,25)(H,28,29)/t14-,21?,22?/m1/s1. The molecule has 6 rings (SSSR count). The maximum absolute atomic E-state index is 13.2. The van der Waals surface area contributed by atoms with Crippen LogP contribution in [-0.2, 0) is 10.2 Å². The fourth-order valence-corrected chi connectivity index (χ4v) is 5.93. The molecule has 0 saturated heterocycles. The summed E-state index contributed by atoms with van der Waals surface area (Å²) in [5.74, 6) is 1.72. The summed E-state index contributed by atoms with van der Waals surface area (Å²) in [5, 5.41) is 9.71. The van der Waals surface area contributed by atoms with Crippen molar-refractivity contribution in [3.8, 4) is 0 Å². The lowest BCUT2D eigenvalue weighted by molar-refractivity contribution is -0.156. The van der Waals surface area contributed by atoms with Gasteiger partial charge in [0.2, 0.25) is 0 Å². The molecule has 8 nitrogen and oxygen atoms in total. The number of aliphatic imine (C=N–C) groups is 1.